The summed E-state index contributed by atoms with van der Waals surface area (Å²) in [4.78, 5) is 43.0. The topological polar surface area (TPSA) is 101 Å². The van der Waals surface area contributed by atoms with Gasteiger partial charge in [-0.05, 0) is 31.4 Å². The Kier molecular flexibility index (Phi) is 7.92. The number of aromatic nitrogens is 1. The van der Waals surface area contributed by atoms with Crippen LogP contribution in [0.15, 0.2) is 35.8 Å². The number of rotatable bonds is 9. The Labute approximate surface area is 179 Å². The third kappa shape index (κ3) is 6.36. The van der Waals surface area contributed by atoms with Crippen molar-refractivity contribution in [2.45, 2.75) is 38.7 Å². The molecular formula is C21H26N4O4S. The van der Waals surface area contributed by atoms with Crippen molar-refractivity contribution in [1.29, 1.82) is 0 Å². The zero-order valence-corrected chi connectivity index (χ0v) is 17.7. The Morgan fingerprint density at radius 1 is 1.23 bits per heavy atom. The molecule has 30 heavy (non-hydrogen) atoms. The fourth-order valence-electron chi connectivity index (χ4n) is 3.23. The predicted octanol–water partition coefficient (Wildman–Crippen LogP) is 2.50. The Hall–Kier alpha value is -2.78. The second kappa shape index (κ2) is 10.8. The first kappa shape index (κ1) is 21.9. The van der Waals surface area contributed by atoms with Gasteiger partial charge in [0.2, 0.25) is 17.7 Å². The highest BCUT2D eigenvalue weighted by atomic mass is 32.1. The smallest absolute Gasteiger partial charge is 0.240 e. The van der Waals surface area contributed by atoms with E-state index < -0.39 is 0 Å². The normalized spacial score (nSPS) is 15.6. The number of carbonyl (C=O) groups excluding carboxylic acids is 3. The van der Waals surface area contributed by atoms with E-state index in [2.05, 4.69) is 15.6 Å². The van der Waals surface area contributed by atoms with Crippen molar-refractivity contribution in [2.24, 2.45) is 0 Å². The number of amides is 3. The van der Waals surface area contributed by atoms with Gasteiger partial charge in [-0.25, -0.2) is 4.98 Å². The van der Waals surface area contributed by atoms with E-state index in [9.17, 15) is 14.4 Å². The molecule has 0 aliphatic carbocycles. The van der Waals surface area contributed by atoms with Crippen LogP contribution >= 0.6 is 11.3 Å². The maximum absolute atomic E-state index is 12.9. The van der Waals surface area contributed by atoms with Crippen LogP contribution in [0.2, 0.25) is 0 Å². The number of hydrogen-bond donors (Lipinski definition) is 2. The van der Waals surface area contributed by atoms with Gasteiger partial charge >= 0.3 is 0 Å². The van der Waals surface area contributed by atoms with Crippen LogP contribution in [-0.4, -0.2) is 48.5 Å². The fraction of sp³-hybridized carbons (Fsp3) is 0.429. The molecule has 0 radical (unpaired) electrons. The zero-order chi connectivity index (χ0) is 21.3. The Morgan fingerprint density at radius 3 is 2.77 bits per heavy atom. The predicted molar refractivity (Wildman–Crippen MR) is 115 cm³/mol. The molecule has 0 bridgehead atoms. The van der Waals surface area contributed by atoms with Crippen molar-refractivity contribution >= 4 is 39.9 Å². The molecule has 3 amide bonds. The summed E-state index contributed by atoms with van der Waals surface area (Å²) in [5, 5.41) is 7.77. The number of benzene rings is 1. The molecule has 1 saturated heterocycles. The average Bonchev–Trinajstić information content (AvgIpc) is 3.43. The number of ether oxygens (including phenoxy) is 1. The van der Waals surface area contributed by atoms with E-state index in [0.29, 0.717) is 17.4 Å². The lowest BCUT2D eigenvalue weighted by atomic mass is 10.1. The summed E-state index contributed by atoms with van der Waals surface area (Å²) in [6, 6.07) is 7.38. The maximum Gasteiger partial charge on any atom is 0.240 e. The van der Waals surface area contributed by atoms with Crippen LogP contribution in [0.4, 0.5) is 10.8 Å². The summed E-state index contributed by atoms with van der Waals surface area (Å²) in [5.41, 5.74) is 1.54. The standard InChI is InChI=1S/C21H26N4O4S/c1-15-5-2-3-7-17(15)25(14-19(27)23-13-16-6-4-11-29-16)20(28)9-8-18(26)24-21-22-10-12-30-21/h2-3,5,7,10,12,16H,4,6,8-9,11,13-14H2,1H3,(H,23,27)(H,22,24,26)/t16-/m0/s1. The average molecular weight is 431 g/mol. The molecule has 0 unspecified atom stereocenters. The minimum Gasteiger partial charge on any atom is -0.376 e. The third-order valence-corrected chi connectivity index (χ3v) is 5.49. The van der Waals surface area contributed by atoms with Gasteiger partial charge in [0.05, 0.1) is 6.10 Å². The van der Waals surface area contributed by atoms with Crippen molar-refractivity contribution in [3.8, 4) is 0 Å². The molecule has 3 rings (SSSR count). The van der Waals surface area contributed by atoms with E-state index in [1.54, 1.807) is 17.6 Å². The molecule has 1 atom stereocenters. The van der Waals surface area contributed by atoms with Gasteiger partial charge in [0.1, 0.15) is 6.54 Å². The number of nitrogens with zero attached hydrogens (tertiary/aromatic N) is 2. The quantitative estimate of drug-likeness (QED) is 0.637. The van der Waals surface area contributed by atoms with Crippen LogP contribution in [0.25, 0.3) is 0 Å². The minimum atomic E-state index is -0.286. The van der Waals surface area contributed by atoms with Crippen LogP contribution in [0.1, 0.15) is 31.2 Å². The Bertz CT molecular complexity index is 866. The summed E-state index contributed by atoms with van der Waals surface area (Å²) in [6.45, 7) is 2.93. The number of anilines is 2. The van der Waals surface area contributed by atoms with Crippen LogP contribution < -0.4 is 15.5 Å². The SMILES string of the molecule is Cc1ccccc1N(CC(=O)NC[C@@H]1CCCO1)C(=O)CCC(=O)Nc1nccs1. The molecule has 2 heterocycles. The molecule has 2 N–H and O–H groups in total. The molecule has 1 aromatic carbocycles. The lowest BCUT2D eigenvalue weighted by Gasteiger charge is -2.24. The molecule has 1 aromatic heterocycles. The lowest BCUT2D eigenvalue weighted by molar-refractivity contribution is -0.125. The number of thiazole rings is 1. The van der Waals surface area contributed by atoms with Crippen LogP contribution in [-0.2, 0) is 19.1 Å². The second-order valence-electron chi connectivity index (χ2n) is 7.09. The van der Waals surface area contributed by atoms with Gasteiger partial charge in [-0.3, -0.25) is 14.4 Å². The molecule has 0 saturated carbocycles. The zero-order valence-electron chi connectivity index (χ0n) is 16.9. The molecule has 1 fully saturated rings. The summed E-state index contributed by atoms with van der Waals surface area (Å²) < 4.78 is 5.52. The summed E-state index contributed by atoms with van der Waals surface area (Å²) >= 11 is 1.31. The van der Waals surface area contributed by atoms with Gasteiger partial charge in [0, 0.05) is 43.3 Å². The van der Waals surface area contributed by atoms with Gasteiger partial charge < -0.3 is 20.3 Å². The van der Waals surface area contributed by atoms with Crippen molar-refractivity contribution in [2.75, 3.05) is 29.9 Å². The number of carbonyl (C=O) groups is 3. The Morgan fingerprint density at radius 2 is 2.07 bits per heavy atom. The minimum absolute atomic E-state index is 0.00937. The van der Waals surface area contributed by atoms with Crippen LogP contribution in [0.5, 0.6) is 0 Å². The van der Waals surface area contributed by atoms with E-state index >= 15 is 0 Å². The van der Waals surface area contributed by atoms with Crippen molar-refractivity contribution in [3.63, 3.8) is 0 Å². The van der Waals surface area contributed by atoms with E-state index in [1.165, 1.54) is 16.2 Å². The lowest BCUT2D eigenvalue weighted by Crippen LogP contribution is -2.43. The van der Waals surface area contributed by atoms with Crippen LogP contribution in [0, 0.1) is 6.92 Å². The summed E-state index contributed by atoms with van der Waals surface area (Å²) in [7, 11) is 0. The number of para-hydroxylation sites is 1. The highest BCUT2D eigenvalue weighted by Gasteiger charge is 2.23. The molecule has 0 spiro atoms. The fourth-order valence-corrected chi connectivity index (χ4v) is 3.77. The number of hydrogen-bond acceptors (Lipinski definition) is 6. The monoisotopic (exact) mass is 430 g/mol. The Balaban J connectivity index is 1.60. The van der Waals surface area contributed by atoms with E-state index in [1.807, 2.05) is 25.1 Å². The van der Waals surface area contributed by atoms with Gasteiger partial charge in [0.15, 0.2) is 5.13 Å². The van der Waals surface area contributed by atoms with Crippen molar-refractivity contribution in [1.82, 2.24) is 10.3 Å². The van der Waals surface area contributed by atoms with Gasteiger partial charge in [0.25, 0.3) is 0 Å². The molecule has 2 aromatic rings. The van der Waals surface area contributed by atoms with Gasteiger partial charge in [-0.15, -0.1) is 11.3 Å². The van der Waals surface area contributed by atoms with Crippen molar-refractivity contribution < 1.29 is 19.1 Å². The van der Waals surface area contributed by atoms with Crippen molar-refractivity contribution in [3.05, 3.63) is 41.4 Å². The number of nitrogens with one attached hydrogen (secondary N) is 2. The van der Waals surface area contributed by atoms with Gasteiger partial charge in [-0.2, -0.15) is 0 Å². The van der Waals surface area contributed by atoms with E-state index in [4.69, 9.17) is 4.74 Å². The molecule has 9 heteroatoms. The van der Waals surface area contributed by atoms with Gasteiger partial charge in [-0.1, -0.05) is 18.2 Å². The van der Waals surface area contributed by atoms with E-state index in [-0.39, 0.29) is 43.2 Å². The largest absolute Gasteiger partial charge is 0.376 e. The third-order valence-electron chi connectivity index (χ3n) is 4.80. The first-order valence-corrected chi connectivity index (χ1v) is 10.8. The first-order chi connectivity index (χ1) is 14.5. The molecule has 1 aliphatic rings. The highest BCUT2D eigenvalue weighted by Crippen LogP contribution is 2.21. The van der Waals surface area contributed by atoms with Crippen LogP contribution in [0.3, 0.4) is 0 Å². The molecule has 8 nitrogen and oxygen atoms in total. The summed E-state index contributed by atoms with van der Waals surface area (Å²) in [5.74, 6) is -0.828. The first-order valence-electron chi connectivity index (χ1n) is 9.96. The molecule has 160 valence electrons. The summed E-state index contributed by atoms with van der Waals surface area (Å²) in [6.07, 6.45) is 3.56. The van der Waals surface area contributed by atoms with E-state index in [0.717, 1.165) is 25.0 Å². The highest BCUT2D eigenvalue weighted by molar-refractivity contribution is 7.13. The molecule has 1 aliphatic heterocycles. The number of aryl methyl sites for hydroxylation is 1. The maximum atomic E-state index is 12.9. The second-order valence-corrected chi connectivity index (χ2v) is 7.99. The molecular weight excluding hydrogens is 404 g/mol.